The highest BCUT2D eigenvalue weighted by molar-refractivity contribution is 4.90. The zero-order valence-electron chi connectivity index (χ0n) is 13.7. The number of nitrogens with zero attached hydrogens (tertiary/aromatic N) is 4. The summed E-state index contributed by atoms with van der Waals surface area (Å²) in [5.74, 6) is 1.27. The van der Waals surface area contributed by atoms with Gasteiger partial charge in [-0.05, 0) is 45.8 Å². The van der Waals surface area contributed by atoms with Crippen molar-refractivity contribution in [2.45, 2.75) is 38.8 Å². The molecule has 0 radical (unpaired) electrons. The lowest BCUT2D eigenvalue weighted by molar-refractivity contribution is 0.109. The van der Waals surface area contributed by atoms with Gasteiger partial charge in [0, 0.05) is 26.8 Å². The van der Waals surface area contributed by atoms with Crippen LogP contribution < -0.4 is 0 Å². The number of hydrogen-bond acceptors (Lipinski definition) is 7. The molecule has 2 heterocycles. The third-order valence-electron chi connectivity index (χ3n) is 4.12. The zero-order valence-corrected chi connectivity index (χ0v) is 13.7. The number of aliphatic hydroxyl groups excluding tert-OH is 1. The lowest BCUT2D eigenvalue weighted by Gasteiger charge is -2.20. The first kappa shape index (κ1) is 17.3. The summed E-state index contributed by atoms with van der Waals surface area (Å²) in [6.45, 7) is 8.21. The maximum atomic E-state index is 8.86. The van der Waals surface area contributed by atoms with Crippen LogP contribution in [0.5, 0.6) is 0 Å². The number of methoxy groups -OCH3 is 1. The lowest BCUT2D eigenvalue weighted by atomic mass is 10.3. The average Bonchev–Trinajstić information content (AvgIpc) is 2.88. The first-order valence-electron chi connectivity index (χ1n) is 8.13. The second-order valence-corrected chi connectivity index (χ2v) is 5.83. The van der Waals surface area contributed by atoms with E-state index in [2.05, 4.69) is 19.9 Å². The summed E-state index contributed by atoms with van der Waals surface area (Å²) in [6.07, 6.45) is 2.97. The van der Waals surface area contributed by atoms with Crippen molar-refractivity contribution in [1.82, 2.24) is 19.9 Å². The fourth-order valence-corrected chi connectivity index (χ4v) is 2.65. The second-order valence-electron chi connectivity index (χ2n) is 5.83. The van der Waals surface area contributed by atoms with Crippen LogP contribution in [0, 0.1) is 0 Å². The van der Waals surface area contributed by atoms with Gasteiger partial charge in [0.2, 0.25) is 5.89 Å². The molecule has 1 atom stereocenters. The molecule has 1 unspecified atom stereocenters. The molecular weight excluding hydrogens is 284 g/mol. The summed E-state index contributed by atoms with van der Waals surface area (Å²) in [4.78, 5) is 9.24. The van der Waals surface area contributed by atoms with Gasteiger partial charge in [-0.2, -0.15) is 4.98 Å². The van der Waals surface area contributed by atoms with Gasteiger partial charge >= 0.3 is 0 Å². The van der Waals surface area contributed by atoms with Crippen LogP contribution in [0.4, 0.5) is 0 Å². The molecule has 2 rings (SSSR count). The molecule has 1 aliphatic heterocycles. The molecule has 22 heavy (non-hydrogen) atoms. The average molecular weight is 312 g/mol. The number of hydrogen-bond donors (Lipinski definition) is 1. The normalized spacial score (nSPS) is 19.2. The van der Waals surface area contributed by atoms with Crippen LogP contribution in [-0.2, 0) is 11.3 Å². The number of aliphatic hydroxyl groups is 1. The highest BCUT2D eigenvalue weighted by Crippen LogP contribution is 2.13. The minimum Gasteiger partial charge on any atom is -0.396 e. The Morgan fingerprint density at radius 2 is 2.00 bits per heavy atom. The van der Waals surface area contributed by atoms with Gasteiger partial charge in [-0.25, -0.2) is 0 Å². The molecule has 1 aromatic heterocycles. The molecule has 1 aliphatic rings. The predicted molar refractivity (Wildman–Crippen MR) is 82.4 cm³/mol. The maximum absolute atomic E-state index is 8.86. The maximum Gasteiger partial charge on any atom is 0.240 e. The minimum atomic E-state index is -0.136. The Kier molecular flexibility index (Phi) is 7.24. The third-order valence-corrected chi connectivity index (χ3v) is 4.12. The standard InChI is InChI=1S/C15H28N4O3/c1-13(21-2)15-16-14(22-17-15)12-19-8-5-7-18(9-10-19)6-3-4-11-20/h13,20H,3-12H2,1-2H3. The summed E-state index contributed by atoms with van der Waals surface area (Å²) in [6, 6.07) is 0. The largest absolute Gasteiger partial charge is 0.396 e. The van der Waals surface area contributed by atoms with Crippen LogP contribution >= 0.6 is 0 Å². The molecular formula is C15H28N4O3. The Labute approximate surface area is 132 Å². The smallest absolute Gasteiger partial charge is 0.240 e. The van der Waals surface area contributed by atoms with Crippen LogP contribution in [0.15, 0.2) is 4.52 Å². The Balaban J connectivity index is 1.77. The Hall–Kier alpha value is -1.02. The van der Waals surface area contributed by atoms with Gasteiger partial charge in [-0.3, -0.25) is 4.90 Å². The summed E-state index contributed by atoms with van der Waals surface area (Å²) in [7, 11) is 1.64. The molecule has 0 aliphatic carbocycles. The molecule has 126 valence electrons. The van der Waals surface area contributed by atoms with Gasteiger partial charge in [0.25, 0.3) is 0 Å². The Morgan fingerprint density at radius 3 is 2.77 bits per heavy atom. The van der Waals surface area contributed by atoms with Crippen LogP contribution in [-0.4, -0.2) is 71.5 Å². The first-order chi connectivity index (χ1) is 10.7. The molecule has 0 amide bonds. The fourth-order valence-electron chi connectivity index (χ4n) is 2.65. The summed E-state index contributed by atoms with van der Waals surface area (Å²) in [5, 5.41) is 12.8. The molecule has 1 N–H and O–H groups in total. The second kappa shape index (κ2) is 9.19. The van der Waals surface area contributed by atoms with Crippen LogP contribution in [0.3, 0.4) is 0 Å². The van der Waals surface area contributed by atoms with Crippen molar-refractivity contribution >= 4 is 0 Å². The molecule has 0 saturated carbocycles. The van der Waals surface area contributed by atoms with Crippen molar-refractivity contribution in [2.75, 3.05) is 46.4 Å². The van der Waals surface area contributed by atoms with E-state index in [9.17, 15) is 0 Å². The quantitative estimate of drug-likeness (QED) is 0.719. The van der Waals surface area contributed by atoms with E-state index in [0.29, 0.717) is 24.9 Å². The molecule has 0 bridgehead atoms. The van der Waals surface area contributed by atoms with E-state index in [1.165, 1.54) is 0 Å². The van der Waals surface area contributed by atoms with Gasteiger partial charge in [-0.1, -0.05) is 5.16 Å². The van der Waals surface area contributed by atoms with Crippen molar-refractivity contribution in [1.29, 1.82) is 0 Å². The van der Waals surface area contributed by atoms with E-state index in [1.54, 1.807) is 7.11 Å². The van der Waals surface area contributed by atoms with E-state index in [4.69, 9.17) is 14.4 Å². The molecule has 1 saturated heterocycles. The van der Waals surface area contributed by atoms with Gasteiger partial charge in [0.05, 0.1) is 6.54 Å². The Bertz CT molecular complexity index is 427. The predicted octanol–water partition coefficient (Wildman–Crippen LogP) is 1.06. The fraction of sp³-hybridized carbons (Fsp3) is 0.867. The van der Waals surface area contributed by atoms with Crippen molar-refractivity contribution in [3.8, 4) is 0 Å². The van der Waals surface area contributed by atoms with E-state index in [1.807, 2.05) is 6.92 Å². The van der Waals surface area contributed by atoms with Crippen molar-refractivity contribution in [3.63, 3.8) is 0 Å². The zero-order chi connectivity index (χ0) is 15.8. The van der Waals surface area contributed by atoms with Gasteiger partial charge in [0.15, 0.2) is 5.82 Å². The van der Waals surface area contributed by atoms with Crippen molar-refractivity contribution in [3.05, 3.63) is 11.7 Å². The molecule has 0 spiro atoms. The monoisotopic (exact) mass is 312 g/mol. The highest BCUT2D eigenvalue weighted by Gasteiger charge is 2.18. The lowest BCUT2D eigenvalue weighted by Crippen LogP contribution is -2.31. The van der Waals surface area contributed by atoms with Gasteiger partial charge in [-0.15, -0.1) is 0 Å². The van der Waals surface area contributed by atoms with Crippen molar-refractivity contribution in [2.24, 2.45) is 0 Å². The number of aromatic nitrogens is 2. The Morgan fingerprint density at radius 1 is 1.23 bits per heavy atom. The minimum absolute atomic E-state index is 0.136. The van der Waals surface area contributed by atoms with Crippen LogP contribution in [0.25, 0.3) is 0 Å². The number of rotatable bonds is 8. The van der Waals surface area contributed by atoms with E-state index >= 15 is 0 Å². The molecule has 7 heteroatoms. The summed E-state index contributed by atoms with van der Waals surface area (Å²) in [5.41, 5.74) is 0. The number of unbranched alkanes of at least 4 members (excludes halogenated alkanes) is 1. The van der Waals surface area contributed by atoms with E-state index < -0.39 is 0 Å². The summed E-state index contributed by atoms with van der Waals surface area (Å²) >= 11 is 0. The van der Waals surface area contributed by atoms with E-state index in [-0.39, 0.29) is 6.10 Å². The highest BCUT2D eigenvalue weighted by atomic mass is 16.5. The van der Waals surface area contributed by atoms with E-state index in [0.717, 1.165) is 52.0 Å². The van der Waals surface area contributed by atoms with Crippen LogP contribution in [0.2, 0.25) is 0 Å². The number of ether oxygens (including phenoxy) is 1. The third kappa shape index (κ3) is 5.31. The molecule has 7 nitrogen and oxygen atoms in total. The molecule has 0 aromatic carbocycles. The SMILES string of the molecule is COC(C)c1noc(CN2CCCN(CCCCO)CC2)n1. The first-order valence-corrected chi connectivity index (χ1v) is 8.13. The summed E-state index contributed by atoms with van der Waals surface area (Å²) < 4.78 is 10.5. The van der Waals surface area contributed by atoms with Crippen LogP contribution in [0.1, 0.15) is 44.0 Å². The van der Waals surface area contributed by atoms with Gasteiger partial charge < -0.3 is 19.3 Å². The van der Waals surface area contributed by atoms with Crippen molar-refractivity contribution < 1.29 is 14.4 Å². The molecule has 1 aromatic rings. The molecule has 1 fully saturated rings. The topological polar surface area (TPSA) is 74.9 Å². The van der Waals surface area contributed by atoms with Gasteiger partial charge in [0.1, 0.15) is 6.10 Å².